The number of nitrogens with one attached hydrogen (secondary N) is 1. The number of amides is 3. The lowest BCUT2D eigenvalue weighted by molar-refractivity contribution is -0.122. The van der Waals surface area contributed by atoms with E-state index in [2.05, 4.69) is 12.2 Å². The van der Waals surface area contributed by atoms with E-state index in [1.165, 1.54) is 5.56 Å². The van der Waals surface area contributed by atoms with Gasteiger partial charge in [-0.3, -0.25) is 4.79 Å². The molecule has 0 radical (unpaired) electrons. The van der Waals surface area contributed by atoms with Gasteiger partial charge in [0.2, 0.25) is 5.91 Å². The van der Waals surface area contributed by atoms with E-state index in [4.69, 9.17) is 17.3 Å². The molecule has 0 saturated carbocycles. The SMILES string of the molecule is C[C@@H](CC(=O)N[C@H]1CCN(C(N)=O)C1)Cc1ccc(Cl)cc1. The van der Waals surface area contributed by atoms with E-state index in [1.54, 1.807) is 4.90 Å². The molecule has 1 heterocycles. The molecule has 1 aliphatic heterocycles. The summed E-state index contributed by atoms with van der Waals surface area (Å²) in [4.78, 5) is 24.7. The Bertz CT molecular complexity index is 533. The van der Waals surface area contributed by atoms with Gasteiger partial charge in [0.05, 0.1) is 0 Å². The highest BCUT2D eigenvalue weighted by Crippen LogP contribution is 2.16. The van der Waals surface area contributed by atoms with E-state index >= 15 is 0 Å². The maximum Gasteiger partial charge on any atom is 0.314 e. The second kappa shape index (κ2) is 7.49. The second-order valence-electron chi connectivity index (χ2n) is 5.98. The van der Waals surface area contributed by atoms with Gasteiger partial charge in [-0.05, 0) is 36.5 Å². The number of nitrogens with two attached hydrogens (primary N) is 1. The van der Waals surface area contributed by atoms with Crippen molar-refractivity contribution in [3.8, 4) is 0 Å². The first-order chi connectivity index (χ1) is 10.4. The van der Waals surface area contributed by atoms with Crippen LogP contribution in [0.2, 0.25) is 5.02 Å². The summed E-state index contributed by atoms with van der Waals surface area (Å²) < 4.78 is 0. The summed E-state index contributed by atoms with van der Waals surface area (Å²) in [5, 5.41) is 3.70. The third-order valence-corrected chi connectivity index (χ3v) is 4.15. The Labute approximate surface area is 135 Å². The summed E-state index contributed by atoms with van der Waals surface area (Å²) in [6, 6.07) is 7.29. The van der Waals surface area contributed by atoms with E-state index in [-0.39, 0.29) is 17.9 Å². The van der Waals surface area contributed by atoms with E-state index in [0.717, 1.165) is 17.9 Å². The Kier molecular flexibility index (Phi) is 5.66. The van der Waals surface area contributed by atoms with Gasteiger partial charge in [0.1, 0.15) is 0 Å². The molecule has 1 aliphatic rings. The molecule has 0 spiro atoms. The zero-order chi connectivity index (χ0) is 16.1. The lowest BCUT2D eigenvalue weighted by Crippen LogP contribution is -2.40. The molecule has 2 rings (SSSR count). The van der Waals surface area contributed by atoms with Crippen molar-refractivity contribution in [3.05, 3.63) is 34.9 Å². The molecule has 0 aromatic heterocycles. The minimum Gasteiger partial charge on any atom is -0.352 e. The van der Waals surface area contributed by atoms with Crippen molar-refractivity contribution in [1.82, 2.24) is 10.2 Å². The minimum atomic E-state index is -0.423. The summed E-state index contributed by atoms with van der Waals surface area (Å²) in [6.07, 6.45) is 2.07. The van der Waals surface area contributed by atoms with Crippen LogP contribution in [-0.4, -0.2) is 36.0 Å². The van der Waals surface area contributed by atoms with Gasteiger partial charge in [-0.2, -0.15) is 0 Å². The van der Waals surface area contributed by atoms with Gasteiger partial charge in [-0.25, -0.2) is 4.79 Å². The van der Waals surface area contributed by atoms with Gasteiger partial charge in [0.25, 0.3) is 0 Å². The number of benzene rings is 1. The summed E-state index contributed by atoms with van der Waals surface area (Å²) >= 11 is 5.86. The molecule has 0 aliphatic carbocycles. The molecule has 2 atom stereocenters. The number of hydrogen-bond acceptors (Lipinski definition) is 2. The van der Waals surface area contributed by atoms with Gasteiger partial charge in [0, 0.05) is 30.6 Å². The first-order valence-electron chi connectivity index (χ1n) is 7.52. The number of nitrogens with zero attached hydrogens (tertiary/aromatic N) is 1. The number of carbonyl (C=O) groups excluding carboxylic acids is 2. The molecule has 0 unspecified atom stereocenters. The molecular formula is C16H22ClN3O2. The van der Waals surface area contributed by atoms with Crippen LogP contribution < -0.4 is 11.1 Å². The molecule has 1 saturated heterocycles. The van der Waals surface area contributed by atoms with Crippen LogP contribution in [0.3, 0.4) is 0 Å². The third-order valence-electron chi connectivity index (χ3n) is 3.90. The quantitative estimate of drug-likeness (QED) is 0.871. The fourth-order valence-corrected chi connectivity index (χ4v) is 2.90. The second-order valence-corrected chi connectivity index (χ2v) is 6.41. The number of carbonyl (C=O) groups is 2. The van der Waals surface area contributed by atoms with Crippen LogP contribution >= 0.6 is 11.6 Å². The van der Waals surface area contributed by atoms with Crippen molar-refractivity contribution in [2.75, 3.05) is 13.1 Å². The van der Waals surface area contributed by atoms with E-state index in [9.17, 15) is 9.59 Å². The van der Waals surface area contributed by atoms with Gasteiger partial charge >= 0.3 is 6.03 Å². The molecule has 22 heavy (non-hydrogen) atoms. The molecule has 1 aromatic carbocycles. The Morgan fingerprint density at radius 2 is 2.09 bits per heavy atom. The van der Waals surface area contributed by atoms with Crippen molar-refractivity contribution in [2.24, 2.45) is 11.7 Å². The van der Waals surface area contributed by atoms with Crippen molar-refractivity contribution in [3.63, 3.8) is 0 Å². The zero-order valence-corrected chi connectivity index (χ0v) is 13.5. The average molecular weight is 324 g/mol. The van der Waals surface area contributed by atoms with Crippen molar-refractivity contribution in [2.45, 2.75) is 32.2 Å². The summed E-state index contributed by atoms with van der Waals surface area (Å²) in [6.45, 7) is 3.17. The molecule has 1 fully saturated rings. The highest BCUT2D eigenvalue weighted by Gasteiger charge is 2.26. The van der Waals surface area contributed by atoms with E-state index in [1.807, 2.05) is 24.3 Å². The monoisotopic (exact) mass is 323 g/mol. The van der Waals surface area contributed by atoms with E-state index in [0.29, 0.717) is 19.5 Å². The predicted molar refractivity (Wildman–Crippen MR) is 86.6 cm³/mol. The van der Waals surface area contributed by atoms with Crippen LogP contribution in [0.1, 0.15) is 25.3 Å². The van der Waals surface area contributed by atoms with Crippen LogP contribution in [0.5, 0.6) is 0 Å². The summed E-state index contributed by atoms with van der Waals surface area (Å²) in [7, 11) is 0. The van der Waals surface area contributed by atoms with Crippen LogP contribution in [0, 0.1) is 5.92 Å². The molecule has 5 nitrogen and oxygen atoms in total. The molecule has 0 bridgehead atoms. The Morgan fingerprint density at radius 1 is 1.41 bits per heavy atom. The third kappa shape index (κ3) is 4.91. The number of urea groups is 1. The van der Waals surface area contributed by atoms with Crippen LogP contribution in [0.15, 0.2) is 24.3 Å². The molecule has 3 N–H and O–H groups in total. The van der Waals surface area contributed by atoms with Crippen LogP contribution in [0.25, 0.3) is 0 Å². The minimum absolute atomic E-state index is 0.0164. The number of likely N-dealkylation sites (tertiary alicyclic amines) is 1. The predicted octanol–water partition coefficient (Wildman–Crippen LogP) is 2.18. The molecule has 120 valence electrons. The lowest BCUT2D eigenvalue weighted by atomic mass is 9.97. The standard InChI is InChI=1S/C16H22ClN3O2/c1-11(8-12-2-4-13(17)5-3-12)9-15(21)19-14-6-7-20(10-14)16(18)22/h2-5,11,14H,6-10H2,1H3,(H2,18,22)(H,19,21)/t11-,14+/m1/s1. The van der Waals surface area contributed by atoms with E-state index < -0.39 is 6.03 Å². The number of halogens is 1. The van der Waals surface area contributed by atoms with Crippen molar-refractivity contribution in [1.29, 1.82) is 0 Å². The Balaban J connectivity index is 1.74. The zero-order valence-electron chi connectivity index (χ0n) is 12.7. The fourth-order valence-electron chi connectivity index (χ4n) is 2.78. The van der Waals surface area contributed by atoms with Crippen molar-refractivity contribution >= 4 is 23.5 Å². The topological polar surface area (TPSA) is 75.4 Å². The normalized spacial score (nSPS) is 19.0. The maximum absolute atomic E-state index is 12.1. The summed E-state index contributed by atoms with van der Waals surface area (Å²) in [5.74, 6) is 0.271. The Morgan fingerprint density at radius 3 is 2.68 bits per heavy atom. The van der Waals surface area contributed by atoms with Gasteiger partial charge in [-0.15, -0.1) is 0 Å². The first-order valence-corrected chi connectivity index (χ1v) is 7.90. The average Bonchev–Trinajstić information content (AvgIpc) is 2.89. The number of rotatable bonds is 5. The largest absolute Gasteiger partial charge is 0.352 e. The Hall–Kier alpha value is -1.75. The lowest BCUT2D eigenvalue weighted by Gasteiger charge is -2.16. The highest BCUT2D eigenvalue weighted by atomic mass is 35.5. The fraction of sp³-hybridized carbons (Fsp3) is 0.500. The van der Waals surface area contributed by atoms with Gasteiger partial charge in [-0.1, -0.05) is 30.7 Å². The van der Waals surface area contributed by atoms with Gasteiger partial charge in [0.15, 0.2) is 0 Å². The smallest absolute Gasteiger partial charge is 0.314 e. The maximum atomic E-state index is 12.1. The molecule has 1 aromatic rings. The highest BCUT2D eigenvalue weighted by molar-refractivity contribution is 6.30. The molecular weight excluding hydrogens is 302 g/mol. The number of hydrogen-bond donors (Lipinski definition) is 2. The molecule has 6 heteroatoms. The number of primary amides is 1. The van der Waals surface area contributed by atoms with Gasteiger partial charge < -0.3 is 16.0 Å². The van der Waals surface area contributed by atoms with Crippen LogP contribution in [-0.2, 0) is 11.2 Å². The van der Waals surface area contributed by atoms with Crippen LogP contribution in [0.4, 0.5) is 4.79 Å². The summed E-state index contributed by atoms with van der Waals surface area (Å²) in [5.41, 5.74) is 6.40. The first kappa shape index (κ1) is 16.6. The molecule has 3 amide bonds. The van der Waals surface area contributed by atoms with Crippen molar-refractivity contribution < 1.29 is 9.59 Å².